The molecule has 0 unspecified atom stereocenters. The number of nitriles is 1. The van der Waals surface area contributed by atoms with Gasteiger partial charge in [0.15, 0.2) is 9.84 Å². The van der Waals surface area contributed by atoms with Gasteiger partial charge in [-0.2, -0.15) is 5.26 Å². The number of aromatic amines is 1. The first-order valence-electron chi connectivity index (χ1n) is 8.26. The van der Waals surface area contributed by atoms with Crippen LogP contribution in [0.5, 0.6) is 0 Å². The Kier molecular flexibility index (Phi) is 5.52. The lowest BCUT2D eigenvalue weighted by atomic mass is 10.0. The maximum absolute atomic E-state index is 12.4. The number of hydrogen-bond acceptors (Lipinski definition) is 6. The number of pyridine rings is 1. The first kappa shape index (κ1) is 18.3. The highest BCUT2D eigenvalue weighted by molar-refractivity contribution is 7.91. The molecule has 1 aromatic heterocycles. The number of rotatable bonds is 6. The van der Waals surface area contributed by atoms with E-state index in [0.717, 1.165) is 12.0 Å². The van der Waals surface area contributed by atoms with E-state index in [2.05, 4.69) is 10.3 Å². The summed E-state index contributed by atoms with van der Waals surface area (Å²) in [5, 5.41) is 12.1. The summed E-state index contributed by atoms with van der Waals surface area (Å²) >= 11 is 0. The lowest BCUT2D eigenvalue weighted by Gasteiger charge is -2.20. The predicted molar refractivity (Wildman–Crippen MR) is 95.4 cm³/mol. The topological polar surface area (TPSA) is 112 Å². The van der Waals surface area contributed by atoms with Gasteiger partial charge >= 0.3 is 0 Å². The van der Waals surface area contributed by atoms with E-state index in [9.17, 15) is 13.2 Å². The number of ether oxygens (including phenoxy) is 1. The first-order chi connectivity index (χ1) is 12.5. The molecule has 136 valence electrons. The molecule has 2 heterocycles. The van der Waals surface area contributed by atoms with Crippen molar-refractivity contribution >= 4 is 9.84 Å². The van der Waals surface area contributed by atoms with Gasteiger partial charge in [0.05, 0.1) is 28.4 Å². The molecule has 0 radical (unpaired) electrons. The molecule has 1 fully saturated rings. The van der Waals surface area contributed by atoms with Crippen LogP contribution in [0.4, 0.5) is 0 Å². The Hall–Kier alpha value is -2.47. The molecule has 7 nitrogen and oxygen atoms in total. The molecule has 1 saturated heterocycles. The highest BCUT2D eigenvalue weighted by atomic mass is 32.2. The lowest BCUT2D eigenvalue weighted by Crippen LogP contribution is -2.35. The Morgan fingerprint density at radius 3 is 2.88 bits per heavy atom. The summed E-state index contributed by atoms with van der Waals surface area (Å²) in [5.41, 5.74) is 0.993. The van der Waals surface area contributed by atoms with Gasteiger partial charge in [-0.05, 0) is 36.2 Å². The van der Waals surface area contributed by atoms with Crippen LogP contribution in [0.15, 0.2) is 52.3 Å². The predicted octanol–water partition coefficient (Wildman–Crippen LogP) is 1.14. The lowest BCUT2D eigenvalue weighted by molar-refractivity contribution is 0.0989. The van der Waals surface area contributed by atoms with E-state index in [1.165, 1.54) is 18.2 Å². The van der Waals surface area contributed by atoms with E-state index in [-0.39, 0.29) is 34.9 Å². The molecule has 1 aliphatic rings. The van der Waals surface area contributed by atoms with Gasteiger partial charge in [0, 0.05) is 31.5 Å². The summed E-state index contributed by atoms with van der Waals surface area (Å²) in [4.78, 5) is 14.0. The average molecular weight is 373 g/mol. The summed E-state index contributed by atoms with van der Waals surface area (Å²) < 4.78 is 30.6. The largest absolute Gasteiger partial charge is 0.372 e. The van der Waals surface area contributed by atoms with E-state index < -0.39 is 9.84 Å². The van der Waals surface area contributed by atoms with Gasteiger partial charge in [-0.1, -0.05) is 6.07 Å². The number of aromatic nitrogens is 1. The fourth-order valence-electron chi connectivity index (χ4n) is 2.98. The SMILES string of the molecule is N#Cc1cccc(S(=O)(=O)CCN[C@@H]2CCO[C@H]2c2ccc(=O)[nH]c2)c1. The standard InChI is InChI=1S/C18H19N3O4S/c19-11-13-2-1-3-15(10-13)26(23,24)9-7-20-16-6-8-25-18(16)14-4-5-17(22)21-12-14/h1-5,10,12,16,18,20H,6-9H2,(H,21,22)/t16-,18+/m1/s1. The highest BCUT2D eigenvalue weighted by Gasteiger charge is 2.29. The summed E-state index contributed by atoms with van der Waals surface area (Å²) in [7, 11) is -3.47. The number of hydrogen-bond donors (Lipinski definition) is 2. The van der Waals surface area contributed by atoms with E-state index in [4.69, 9.17) is 10.00 Å². The second-order valence-electron chi connectivity index (χ2n) is 6.09. The van der Waals surface area contributed by atoms with Crippen molar-refractivity contribution in [1.29, 1.82) is 5.26 Å². The second kappa shape index (κ2) is 7.83. The van der Waals surface area contributed by atoms with E-state index in [1.807, 2.05) is 6.07 Å². The monoisotopic (exact) mass is 373 g/mol. The third kappa shape index (κ3) is 4.19. The molecule has 3 rings (SSSR count). The van der Waals surface area contributed by atoms with Crippen LogP contribution in [0.2, 0.25) is 0 Å². The van der Waals surface area contributed by atoms with Crippen LogP contribution >= 0.6 is 0 Å². The van der Waals surface area contributed by atoms with E-state index in [1.54, 1.807) is 24.4 Å². The molecule has 0 saturated carbocycles. The quantitative estimate of drug-likeness (QED) is 0.785. The van der Waals surface area contributed by atoms with Crippen LogP contribution in [0, 0.1) is 11.3 Å². The van der Waals surface area contributed by atoms with Gasteiger partial charge in [0.25, 0.3) is 0 Å². The zero-order valence-electron chi connectivity index (χ0n) is 14.0. The number of H-pyrrole nitrogens is 1. The first-order valence-corrected chi connectivity index (χ1v) is 9.91. The van der Waals surface area contributed by atoms with Crippen molar-refractivity contribution in [2.45, 2.75) is 23.5 Å². The third-order valence-corrected chi connectivity index (χ3v) is 6.04. The molecule has 2 atom stereocenters. The molecular formula is C18H19N3O4S. The molecule has 8 heteroatoms. The Morgan fingerprint density at radius 2 is 2.15 bits per heavy atom. The van der Waals surface area contributed by atoms with Crippen molar-refractivity contribution < 1.29 is 13.2 Å². The zero-order chi connectivity index (χ0) is 18.6. The number of benzene rings is 1. The Labute approximate surface area is 151 Å². The Morgan fingerprint density at radius 1 is 1.31 bits per heavy atom. The van der Waals surface area contributed by atoms with Crippen molar-refractivity contribution in [3.05, 3.63) is 64.1 Å². The Balaban J connectivity index is 1.62. The van der Waals surface area contributed by atoms with Gasteiger partial charge in [-0.25, -0.2) is 8.42 Å². The number of sulfone groups is 1. The van der Waals surface area contributed by atoms with Gasteiger partial charge in [-0.15, -0.1) is 0 Å². The highest BCUT2D eigenvalue weighted by Crippen LogP contribution is 2.28. The number of nitrogens with zero attached hydrogens (tertiary/aromatic N) is 1. The van der Waals surface area contributed by atoms with Crippen LogP contribution < -0.4 is 10.9 Å². The molecule has 0 spiro atoms. The fourth-order valence-corrected chi connectivity index (χ4v) is 4.20. The maximum atomic E-state index is 12.4. The van der Waals surface area contributed by atoms with Gasteiger partial charge in [0.1, 0.15) is 0 Å². The van der Waals surface area contributed by atoms with Crippen molar-refractivity contribution in [3.8, 4) is 6.07 Å². The summed E-state index contributed by atoms with van der Waals surface area (Å²) in [6.07, 6.45) is 2.15. The Bertz CT molecular complexity index is 958. The molecular weight excluding hydrogens is 354 g/mol. The molecule has 2 N–H and O–H groups in total. The van der Waals surface area contributed by atoms with Gasteiger partial charge in [-0.3, -0.25) is 4.79 Å². The van der Waals surface area contributed by atoms with Crippen LogP contribution in [0.25, 0.3) is 0 Å². The van der Waals surface area contributed by atoms with Gasteiger partial charge < -0.3 is 15.0 Å². The minimum Gasteiger partial charge on any atom is -0.372 e. The normalized spacial score (nSPS) is 20.0. The smallest absolute Gasteiger partial charge is 0.247 e. The van der Waals surface area contributed by atoms with Crippen molar-refractivity contribution in [2.75, 3.05) is 18.9 Å². The van der Waals surface area contributed by atoms with E-state index in [0.29, 0.717) is 12.2 Å². The van der Waals surface area contributed by atoms with Crippen molar-refractivity contribution in [1.82, 2.24) is 10.3 Å². The molecule has 2 aromatic rings. The van der Waals surface area contributed by atoms with Crippen molar-refractivity contribution in [3.63, 3.8) is 0 Å². The van der Waals surface area contributed by atoms with Crippen molar-refractivity contribution in [2.24, 2.45) is 0 Å². The second-order valence-corrected chi connectivity index (χ2v) is 8.19. The number of nitrogens with one attached hydrogen (secondary N) is 2. The van der Waals surface area contributed by atoms with Gasteiger partial charge in [0.2, 0.25) is 5.56 Å². The maximum Gasteiger partial charge on any atom is 0.247 e. The molecule has 0 bridgehead atoms. The van der Waals surface area contributed by atoms with Crippen LogP contribution in [0.3, 0.4) is 0 Å². The molecule has 26 heavy (non-hydrogen) atoms. The summed E-state index contributed by atoms with van der Waals surface area (Å²) in [6.45, 7) is 0.839. The van der Waals surface area contributed by atoms with E-state index >= 15 is 0 Å². The summed E-state index contributed by atoms with van der Waals surface area (Å²) in [6, 6.07) is 11.1. The zero-order valence-corrected chi connectivity index (χ0v) is 14.8. The summed E-state index contributed by atoms with van der Waals surface area (Å²) in [5.74, 6) is -0.0727. The molecule has 1 aliphatic heterocycles. The van der Waals surface area contributed by atoms with Crippen LogP contribution in [-0.4, -0.2) is 38.3 Å². The molecule has 1 aromatic carbocycles. The third-order valence-electron chi connectivity index (χ3n) is 4.33. The minimum atomic E-state index is -3.47. The molecule has 0 aliphatic carbocycles. The minimum absolute atomic E-state index is 0.0263. The fraction of sp³-hybridized carbons (Fsp3) is 0.333. The molecule has 0 amide bonds. The van der Waals surface area contributed by atoms with Crippen LogP contribution in [0.1, 0.15) is 23.7 Å². The van der Waals surface area contributed by atoms with Crippen LogP contribution in [-0.2, 0) is 14.6 Å². The average Bonchev–Trinajstić information content (AvgIpc) is 3.11.